The summed E-state index contributed by atoms with van der Waals surface area (Å²) in [6, 6.07) is 0. The monoisotopic (exact) mass is 157 g/mol. The van der Waals surface area contributed by atoms with Crippen LogP contribution in [0.2, 0.25) is 0 Å². The van der Waals surface area contributed by atoms with Crippen LogP contribution in [-0.4, -0.2) is 37.2 Å². The average molecular weight is 157 g/mol. The van der Waals surface area contributed by atoms with Gasteiger partial charge in [-0.25, -0.2) is 0 Å². The topological polar surface area (TPSA) is 12.5 Å². The first-order chi connectivity index (χ1) is 5.07. The van der Waals surface area contributed by atoms with Crippen molar-refractivity contribution in [3.63, 3.8) is 0 Å². The average Bonchev–Trinajstić information content (AvgIpc) is 1.95. The van der Waals surface area contributed by atoms with Gasteiger partial charge in [-0.3, -0.25) is 4.90 Å². The number of likely N-dealkylation sites (N-methyl/N-ethyl adjacent to an activating group) is 1. The molecule has 1 rings (SSSR count). The van der Waals surface area contributed by atoms with Crippen LogP contribution in [0.15, 0.2) is 0 Å². The molecule has 2 heteroatoms. The summed E-state index contributed by atoms with van der Waals surface area (Å²) in [5.74, 6) is 0.660. The molecule has 2 nitrogen and oxygen atoms in total. The molecular formula is C9H19NO. The van der Waals surface area contributed by atoms with Gasteiger partial charge in [-0.05, 0) is 19.9 Å². The van der Waals surface area contributed by atoms with Gasteiger partial charge in [0.1, 0.15) is 0 Å². The van der Waals surface area contributed by atoms with Gasteiger partial charge in [-0.1, -0.05) is 13.8 Å². The second-order valence-corrected chi connectivity index (χ2v) is 3.99. The molecule has 11 heavy (non-hydrogen) atoms. The van der Waals surface area contributed by atoms with Crippen LogP contribution in [-0.2, 0) is 4.74 Å². The molecule has 0 N–H and O–H groups in total. The Morgan fingerprint density at radius 3 is 2.45 bits per heavy atom. The molecule has 0 amide bonds. The standard InChI is InChI=1S/C9H19NO/c1-8(2)9(3)7-11-6-5-10(9)4/h8H,5-7H2,1-4H3. The van der Waals surface area contributed by atoms with Crippen molar-refractivity contribution in [3.8, 4) is 0 Å². The van der Waals surface area contributed by atoms with Crippen molar-refractivity contribution in [1.82, 2.24) is 4.90 Å². The van der Waals surface area contributed by atoms with Gasteiger partial charge in [0.2, 0.25) is 0 Å². The van der Waals surface area contributed by atoms with Crippen molar-refractivity contribution >= 4 is 0 Å². The summed E-state index contributed by atoms with van der Waals surface area (Å²) < 4.78 is 5.48. The Bertz CT molecular complexity index is 136. The highest BCUT2D eigenvalue weighted by molar-refractivity contribution is 4.89. The molecule has 66 valence electrons. The second-order valence-electron chi connectivity index (χ2n) is 3.99. The van der Waals surface area contributed by atoms with Crippen molar-refractivity contribution in [1.29, 1.82) is 0 Å². The molecule has 0 aromatic heterocycles. The number of nitrogens with zero attached hydrogens (tertiary/aromatic N) is 1. The van der Waals surface area contributed by atoms with E-state index in [1.807, 2.05) is 0 Å². The molecule has 0 saturated carbocycles. The van der Waals surface area contributed by atoms with Crippen LogP contribution in [0, 0.1) is 5.92 Å². The SMILES string of the molecule is CC(C)C1(C)COCCN1C. The highest BCUT2D eigenvalue weighted by atomic mass is 16.5. The predicted molar refractivity (Wildman–Crippen MR) is 46.7 cm³/mol. The van der Waals surface area contributed by atoms with Gasteiger partial charge in [0.15, 0.2) is 0 Å². The zero-order chi connectivity index (χ0) is 8.48. The van der Waals surface area contributed by atoms with E-state index in [0.717, 1.165) is 19.8 Å². The van der Waals surface area contributed by atoms with Crippen molar-refractivity contribution in [2.24, 2.45) is 5.92 Å². The molecule has 1 aliphatic rings. The summed E-state index contributed by atoms with van der Waals surface area (Å²) in [6.45, 7) is 9.61. The maximum absolute atomic E-state index is 5.48. The molecule has 0 spiro atoms. The molecule has 1 heterocycles. The highest BCUT2D eigenvalue weighted by Gasteiger charge is 2.35. The maximum atomic E-state index is 5.48. The fraction of sp³-hybridized carbons (Fsp3) is 1.00. The van der Waals surface area contributed by atoms with Gasteiger partial charge >= 0.3 is 0 Å². The van der Waals surface area contributed by atoms with Gasteiger partial charge in [0.05, 0.1) is 13.2 Å². The van der Waals surface area contributed by atoms with Gasteiger partial charge in [-0.2, -0.15) is 0 Å². The van der Waals surface area contributed by atoms with Gasteiger partial charge in [0, 0.05) is 12.1 Å². The Balaban J connectivity index is 2.64. The van der Waals surface area contributed by atoms with E-state index in [2.05, 4.69) is 32.7 Å². The lowest BCUT2D eigenvalue weighted by atomic mass is 9.87. The summed E-state index contributed by atoms with van der Waals surface area (Å²) in [5.41, 5.74) is 0.248. The number of hydrogen-bond acceptors (Lipinski definition) is 2. The quantitative estimate of drug-likeness (QED) is 0.570. The number of morpholine rings is 1. The van der Waals surface area contributed by atoms with E-state index < -0.39 is 0 Å². The zero-order valence-electron chi connectivity index (χ0n) is 8.05. The largest absolute Gasteiger partial charge is 0.378 e. The van der Waals surface area contributed by atoms with Crippen LogP contribution < -0.4 is 0 Å². The number of hydrogen-bond donors (Lipinski definition) is 0. The zero-order valence-corrected chi connectivity index (χ0v) is 8.05. The molecule has 1 unspecified atom stereocenters. The lowest BCUT2D eigenvalue weighted by Crippen LogP contribution is -2.56. The van der Waals surface area contributed by atoms with E-state index in [1.165, 1.54) is 0 Å². The Morgan fingerprint density at radius 1 is 1.45 bits per heavy atom. The Hall–Kier alpha value is -0.0800. The van der Waals surface area contributed by atoms with E-state index in [0.29, 0.717) is 5.92 Å². The third-order valence-corrected chi connectivity index (χ3v) is 3.08. The van der Waals surface area contributed by atoms with Crippen molar-refractivity contribution in [2.75, 3.05) is 26.8 Å². The number of ether oxygens (including phenoxy) is 1. The van der Waals surface area contributed by atoms with Crippen molar-refractivity contribution in [3.05, 3.63) is 0 Å². The molecule has 1 aliphatic heterocycles. The van der Waals surface area contributed by atoms with Gasteiger partial charge in [0.25, 0.3) is 0 Å². The minimum Gasteiger partial charge on any atom is -0.378 e. The second kappa shape index (κ2) is 3.11. The van der Waals surface area contributed by atoms with E-state index in [-0.39, 0.29) is 5.54 Å². The maximum Gasteiger partial charge on any atom is 0.0650 e. The molecule has 0 radical (unpaired) electrons. The summed E-state index contributed by atoms with van der Waals surface area (Å²) in [6.07, 6.45) is 0. The van der Waals surface area contributed by atoms with Crippen molar-refractivity contribution in [2.45, 2.75) is 26.3 Å². The lowest BCUT2D eigenvalue weighted by Gasteiger charge is -2.45. The van der Waals surface area contributed by atoms with Gasteiger partial charge < -0.3 is 4.74 Å². The highest BCUT2D eigenvalue weighted by Crippen LogP contribution is 2.25. The molecule has 1 atom stereocenters. The van der Waals surface area contributed by atoms with Crippen molar-refractivity contribution < 1.29 is 4.74 Å². The fourth-order valence-corrected chi connectivity index (χ4v) is 1.45. The first-order valence-electron chi connectivity index (χ1n) is 4.36. The first kappa shape index (κ1) is 9.01. The Morgan fingerprint density at radius 2 is 2.09 bits per heavy atom. The normalized spacial score (nSPS) is 34.6. The number of rotatable bonds is 1. The predicted octanol–water partition coefficient (Wildman–Crippen LogP) is 1.36. The first-order valence-corrected chi connectivity index (χ1v) is 4.36. The summed E-state index contributed by atoms with van der Waals surface area (Å²) in [7, 11) is 2.18. The minimum absolute atomic E-state index is 0.248. The Kier molecular flexibility index (Phi) is 2.55. The Labute approximate surface area is 69.5 Å². The van der Waals surface area contributed by atoms with Crippen LogP contribution in [0.1, 0.15) is 20.8 Å². The summed E-state index contributed by atoms with van der Waals surface area (Å²) >= 11 is 0. The van der Waals surface area contributed by atoms with Gasteiger partial charge in [-0.15, -0.1) is 0 Å². The van der Waals surface area contributed by atoms with Crippen LogP contribution in [0.4, 0.5) is 0 Å². The third-order valence-electron chi connectivity index (χ3n) is 3.08. The molecule has 0 bridgehead atoms. The van der Waals surface area contributed by atoms with E-state index in [4.69, 9.17) is 4.74 Å². The van der Waals surface area contributed by atoms with E-state index in [1.54, 1.807) is 0 Å². The smallest absolute Gasteiger partial charge is 0.0650 e. The van der Waals surface area contributed by atoms with Crippen LogP contribution in [0.5, 0.6) is 0 Å². The van der Waals surface area contributed by atoms with E-state index in [9.17, 15) is 0 Å². The summed E-state index contributed by atoms with van der Waals surface area (Å²) in [5, 5.41) is 0. The molecule has 0 aromatic carbocycles. The molecule has 1 fully saturated rings. The third kappa shape index (κ3) is 1.57. The van der Waals surface area contributed by atoms with Crippen LogP contribution >= 0.6 is 0 Å². The molecular weight excluding hydrogens is 138 g/mol. The van der Waals surface area contributed by atoms with Crippen LogP contribution in [0.3, 0.4) is 0 Å². The van der Waals surface area contributed by atoms with E-state index >= 15 is 0 Å². The minimum atomic E-state index is 0.248. The summed E-state index contributed by atoms with van der Waals surface area (Å²) in [4.78, 5) is 2.40. The lowest BCUT2D eigenvalue weighted by molar-refractivity contribution is -0.0686. The van der Waals surface area contributed by atoms with Crippen LogP contribution in [0.25, 0.3) is 0 Å². The molecule has 0 aliphatic carbocycles. The fourth-order valence-electron chi connectivity index (χ4n) is 1.45. The molecule has 1 saturated heterocycles. The molecule has 0 aromatic rings.